The first-order chi connectivity index (χ1) is 9.42. The Bertz CT molecular complexity index is 426. The molecule has 0 amide bonds. The first kappa shape index (κ1) is 16.5. The molecule has 0 fully saturated rings. The van der Waals surface area contributed by atoms with Crippen LogP contribution in [0.25, 0.3) is 0 Å². The summed E-state index contributed by atoms with van der Waals surface area (Å²) in [6.45, 7) is 2.66. The molecule has 1 aromatic heterocycles. The van der Waals surface area contributed by atoms with Crippen LogP contribution in [0, 0.1) is 0 Å². The lowest BCUT2D eigenvalue weighted by molar-refractivity contribution is -0.120. The molecule has 0 saturated carbocycles. The van der Waals surface area contributed by atoms with Gasteiger partial charge in [-0.15, -0.1) is 0 Å². The zero-order valence-electron chi connectivity index (χ0n) is 11.5. The Kier molecular flexibility index (Phi) is 6.00. The number of aliphatic hydroxyl groups is 1. The third-order valence-corrected chi connectivity index (χ3v) is 2.66. The number of halogens is 3. The first-order valence-electron chi connectivity index (χ1n) is 6.43. The van der Waals surface area contributed by atoms with Crippen molar-refractivity contribution in [3.63, 3.8) is 0 Å². The number of hydrogen-bond acceptors (Lipinski definition) is 5. The predicted octanol–water partition coefficient (Wildman–Crippen LogP) is 1.83. The molecule has 0 atom stereocenters. The average molecular weight is 292 g/mol. The molecule has 0 aromatic carbocycles. The van der Waals surface area contributed by atoms with Gasteiger partial charge in [0, 0.05) is 18.7 Å². The molecule has 0 radical (unpaired) electrons. The van der Waals surface area contributed by atoms with Crippen molar-refractivity contribution in [3.8, 4) is 0 Å². The molecule has 0 aliphatic rings. The molecule has 0 aliphatic heterocycles. The Morgan fingerprint density at radius 3 is 2.50 bits per heavy atom. The van der Waals surface area contributed by atoms with Gasteiger partial charge in [0.2, 0.25) is 0 Å². The standard InChI is InChI=1S/C12H19F3N4O/c1-3-9-10(16-4-2)17-8-18-11(9)19(5-6-20)7-12(13,14)15/h8,20H,3-7H2,1-2H3,(H,16,17,18). The summed E-state index contributed by atoms with van der Waals surface area (Å²) in [7, 11) is 0. The fraction of sp³-hybridized carbons (Fsp3) is 0.667. The summed E-state index contributed by atoms with van der Waals surface area (Å²) in [6, 6.07) is 0. The number of anilines is 2. The number of aliphatic hydroxyl groups excluding tert-OH is 1. The van der Waals surface area contributed by atoms with E-state index in [9.17, 15) is 13.2 Å². The Morgan fingerprint density at radius 2 is 2.00 bits per heavy atom. The van der Waals surface area contributed by atoms with Crippen molar-refractivity contribution < 1.29 is 18.3 Å². The molecule has 0 saturated heterocycles. The highest BCUT2D eigenvalue weighted by Gasteiger charge is 2.32. The van der Waals surface area contributed by atoms with Crippen LogP contribution in [-0.4, -0.2) is 47.5 Å². The van der Waals surface area contributed by atoms with Crippen molar-refractivity contribution in [1.82, 2.24) is 9.97 Å². The van der Waals surface area contributed by atoms with Gasteiger partial charge in [0.1, 0.15) is 24.5 Å². The van der Waals surface area contributed by atoms with E-state index in [1.165, 1.54) is 6.33 Å². The largest absolute Gasteiger partial charge is 0.405 e. The summed E-state index contributed by atoms with van der Waals surface area (Å²) < 4.78 is 37.8. The van der Waals surface area contributed by atoms with Gasteiger partial charge >= 0.3 is 6.18 Å². The minimum absolute atomic E-state index is 0.130. The van der Waals surface area contributed by atoms with Gasteiger partial charge in [-0.3, -0.25) is 0 Å². The molecule has 114 valence electrons. The second-order valence-electron chi connectivity index (χ2n) is 4.17. The zero-order chi connectivity index (χ0) is 15.2. The zero-order valence-corrected chi connectivity index (χ0v) is 11.5. The van der Waals surface area contributed by atoms with Crippen LogP contribution < -0.4 is 10.2 Å². The second-order valence-corrected chi connectivity index (χ2v) is 4.17. The van der Waals surface area contributed by atoms with Gasteiger partial charge in [0.25, 0.3) is 0 Å². The number of rotatable bonds is 7. The summed E-state index contributed by atoms with van der Waals surface area (Å²) in [6.07, 6.45) is -2.63. The number of nitrogens with zero attached hydrogens (tertiary/aromatic N) is 3. The van der Waals surface area contributed by atoms with Crippen LogP contribution in [0.1, 0.15) is 19.4 Å². The van der Waals surface area contributed by atoms with Gasteiger partial charge in [-0.25, -0.2) is 9.97 Å². The van der Waals surface area contributed by atoms with Gasteiger partial charge in [-0.05, 0) is 13.3 Å². The smallest absolute Gasteiger partial charge is 0.395 e. The topological polar surface area (TPSA) is 61.3 Å². The monoisotopic (exact) mass is 292 g/mol. The molecule has 2 N–H and O–H groups in total. The van der Waals surface area contributed by atoms with E-state index >= 15 is 0 Å². The normalized spacial score (nSPS) is 11.5. The van der Waals surface area contributed by atoms with E-state index in [0.717, 1.165) is 4.90 Å². The molecule has 1 aromatic rings. The predicted molar refractivity (Wildman–Crippen MR) is 70.9 cm³/mol. The van der Waals surface area contributed by atoms with E-state index in [0.29, 0.717) is 24.3 Å². The van der Waals surface area contributed by atoms with Crippen LogP contribution in [0.5, 0.6) is 0 Å². The van der Waals surface area contributed by atoms with Gasteiger partial charge in [0.05, 0.1) is 6.61 Å². The fourth-order valence-corrected chi connectivity index (χ4v) is 1.92. The first-order valence-corrected chi connectivity index (χ1v) is 6.43. The molecule has 0 bridgehead atoms. The number of hydrogen-bond donors (Lipinski definition) is 2. The lowest BCUT2D eigenvalue weighted by Crippen LogP contribution is -2.37. The molecule has 5 nitrogen and oxygen atoms in total. The van der Waals surface area contributed by atoms with Crippen molar-refractivity contribution in [3.05, 3.63) is 11.9 Å². The van der Waals surface area contributed by atoms with Crippen LogP contribution in [0.3, 0.4) is 0 Å². The van der Waals surface area contributed by atoms with E-state index < -0.39 is 12.7 Å². The lowest BCUT2D eigenvalue weighted by Gasteiger charge is -2.26. The average Bonchev–Trinajstić information content (AvgIpc) is 2.37. The second kappa shape index (κ2) is 7.28. The van der Waals surface area contributed by atoms with Crippen LogP contribution >= 0.6 is 0 Å². The van der Waals surface area contributed by atoms with E-state index in [2.05, 4.69) is 15.3 Å². The minimum Gasteiger partial charge on any atom is -0.395 e. The molecular weight excluding hydrogens is 273 g/mol. The third kappa shape index (κ3) is 4.52. The molecule has 0 aliphatic carbocycles. The van der Waals surface area contributed by atoms with Gasteiger partial charge in [-0.1, -0.05) is 6.92 Å². The Balaban J connectivity index is 3.14. The molecule has 0 unspecified atom stereocenters. The highest BCUT2D eigenvalue weighted by molar-refractivity contribution is 5.58. The van der Waals surface area contributed by atoms with Crippen LogP contribution in [0.15, 0.2) is 6.33 Å². The maximum absolute atomic E-state index is 12.6. The van der Waals surface area contributed by atoms with E-state index in [1.807, 2.05) is 13.8 Å². The van der Waals surface area contributed by atoms with Crippen LogP contribution in [0.2, 0.25) is 0 Å². The molecule has 0 spiro atoms. The summed E-state index contributed by atoms with van der Waals surface area (Å²) in [5.41, 5.74) is 0.618. The van der Waals surface area contributed by atoms with Crippen molar-refractivity contribution >= 4 is 11.6 Å². The minimum atomic E-state index is -4.36. The Hall–Kier alpha value is -1.57. The van der Waals surface area contributed by atoms with Gasteiger partial charge < -0.3 is 15.3 Å². The molecule has 1 rings (SSSR count). The maximum atomic E-state index is 12.6. The van der Waals surface area contributed by atoms with Gasteiger partial charge in [0.15, 0.2) is 0 Å². The Morgan fingerprint density at radius 1 is 1.30 bits per heavy atom. The fourth-order valence-electron chi connectivity index (χ4n) is 1.92. The number of aromatic nitrogens is 2. The molecule has 20 heavy (non-hydrogen) atoms. The lowest BCUT2D eigenvalue weighted by atomic mass is 10.2. The van der Waals surface area contributed by atoms with Crippen molar-refractivity contribution in [2.24, 2.45) is 0 Å². The molecule has 1 heterocycles. The SMILES string of the molecule is CCNc1ncnc(N(CCO)CC(F)(F)F)c1CC. The number of alkyl halides is 3. The summed E-state index contributed by atoms with van der Waals surface area (Å²) in [4.78, 5) is 9.03. The summed E-state index contributed by atoms with van der Waals surface area (Å²) >= 11 is 0. The highest BCUT2D eigenvalue weighted by Crippen LogP contribution is 2.27. The summed E-state index contributed by atoms with van der Waals surface area (Å²) in [5, 5.41) is 12.0. The van der Waals surface area contributed by atoms with E-state index in [4.69, 9.17) is 5.11 Å². The summed E-state index contributed by atoms with van der Waals surface area (Å²) in [5.74, 6) is 0.745. The van der Waals surface area contributed by atoms with Crippen LogP contribution in [0.4, 0.5) is 24.8 Å². The quantitative estimate of drug-likeness (QED) is 0.803. The molecule has 8 heteroatoms. The maximum Gasteiger partial charge on any atom is 0.405 e. The van der Waals surface area contributed by atoms with E-state index in [-0.39, 0.29) is 19.0 Å². The van der Waals surface area contributed by atoms with Crippen LogP contribution in [-0.2, 0) is 6.42 Å². The molecular formula is C12H19F3N4O. The number of nitrogens with one attached hydrogen (secondary N) is 1. The van der Waals surface area contributed by atoms with E-state index in [1.54, 1.807) is 0 Å². The van der Waals surface area contributed by atoms with Crippen molar-refractivity contribution in [1.29, 1.82) is 0 Å². The van der Waals surface area contributed by atoms with Crippen molar-refractivity contribution in [2.45, 2.75) is 26.4 Å². The van der Waals surface area contributed by atoms with Gasteiger partial charge in [-0.2, -0.15) is 13.2 Å². The Labute approximate surface area is 115 Å². The van der Waals surface area contributed by atoms with Crippen molar-refractivity contribution in [2.75, 3.05) is 36.5 Å². The third-order valence-electron chi connectivity index (χ3n) is 2.66. The highest BCUT2D eigenvalue weighted by atomic mass is 19.4.